The van der Waals surface area contributed by atoms with E-state index in [2.05, 4.69) is 10.6 Å². The van der Waals surface area contributed by atoms with Crippen LogP contribution in [0.5, 0.6) is 0 Å². The first kappa shape index (κ1) is 30.3. The molecule has 0 aromatic heterocycles. The van der Waals surface area contributed by atoms with Crippen molar-refractivity contribution < 1.29 is 23.9 Å². The van der Waals surface area contributed by atoms with Gasteiger partial charge in [-0.15, -0.1) is 0 Å². The van der Waals surface area contributed by atoms with Crippen LogP contribution >= 0.6 is 0 Å². The highest BCUT2D eigenvalue weighted by molar-refractivity contribution is 5.92. The predicted octanol–water partition coefficient (Wildman–Crippen LogP) is 3.67. The molecule has 0 aliphatic heterocycles. The number of nitrogens with zero attached hydrogens (tertiary/aromatic N) is 1. The smallest absolute Gasteiger partial charge is 0.408 e. The van der Waals surface area contributed by atoms with E-state index in [1.165, 1.54) is 4.90 Å². The maximum absolute atomic E-state index is 13.9. The molecular weight excluding hydrogens is 484 g/mol. The third kappa shape index (κ3) is 9.21. The Kier molecular flexibility index (Phi) is 10.9. The Morgan fingerprint density at radius 2 is 1.66 bits per heavy atom. The molecule has 0 fully saturated rings. The molecule has 0 spiro atoms. The van der Waals surface area contributed by atoms with Crippen molar-refractivity contribution in [2.75, 3.05) is 6.54 Å². The van der Waals surface area contributed by atoms with E-state index in [0.717, 1.165) is 16.7 Å². The Hall–Kier alpha value is -3.88. The highest BCUT2D eigenvalue weighted by Crippen LogP contribution is 2.25. The zero-order valence-electron chi connectivity index (χ0n) is 23.2. The molecule has 9 nitrogen and oxygen atoms in total. The topological polar surface area (TPSA) is 131 Å². The first-order valence-corrected chi connectivity index (χ1v) is 12.8. The van der Waals surface area contributed by atoms with E-state index in [4.69, 9.17) is 10.5 Å². The van der Waals surface area contributed by atoms with Crippen molar-refractivity contribution in [3.8, 4) is 0 Å². The lowest BCUT2D eigenvalue weighted by atomic mass is 9.98. The van der Waals surface area contributed by atoms with Crippen LogP contribution in [0.3, 0.4) is 0 Å². The molecule has 206 valence electrons. The number of aryl methyl sites for hydroxylation is 2. The molecule has 4 amide bonds. The summed E-state index contributed by atoms with van der Waals surface area (Å²) >= 11 is 0. The van der Waals surface area contributed by atoms with Crippen LogP contribution in [0, 0.1) is 13.8 Å². The highest BCUT2D eigenvalue weighted by atomic mass is 16.6. The molecule has 2 unspecified atom stereocenters. The zero-order chi connectivity index (χ0) is 28.5. The molecule has 0 aliphatic carbocycles. The number of ether oxygens (including phenoxy) is 1. The molecule has 9 heteroatoms. The van der Waals surface area contributed by atoms with Gasteiger partial charge in [0.15, 0.2) is 0 Å². The Labute approximate surface area is 225 Å². The molecule has 4 N–H and O–H groups in total. The highest BCUT2D eigenvalue weighted by Gasteiger charge is 2.35. The third-order valence-electron chi connectivity index (χ3n) is 6.01. The largest absolute Gasteiger partial charge is 0.444 e. The number of alkyl carbamates (subject to hydrolysis) is 1. The number of nitrogens with one attached hydrogen (secondary N) is 2. The van der Waals surface area contributed by atoms with Crippen molar-refractivity contribution in [3.63, 3.8) is 0 Å². The molecule has 0 heterocycles. The van der Waals surface area contributed by atoms with Crippen LogP contribution in [0.15, 0.2) is 48.5 Å². The minimum absolute atomic E-state index is 0.0326. The molecule has 0 bridgehead atoms. The summed E-state index contributed by atoms with van der Waals surface area (Å²) in [5, 5.41) is 5.52. The van der Waals surface area contributed by atoms with Crippen molar-refractivity contribution in [1.29, 1.82) is 0 Å². The lowest BCUT2D eigenvalue weighted by Crippen LogP contribution is -2.53. The van der Waals surface area contributed by atoms with Gasteiger partial charge in [-0.3, -0.25) is 14.4 Å². The fourth-order valence-electron chi connectivity index (χ4n) is 3.95. The van der Waals surface area contributed by atoms with Gasteiger partial charge in [0.05, 0.1) is 0 Å². The van der Waals surface area contributed by atoms with Crippen LogP contribution in [0.1, 0.15) is 68.8 Å². The van der Waals surface area contributed by atoms with Gasteiger partial charge in [-0.1, -0.05) is 48.5 Å². The van der Waals surface area contributed by atoms with Crippen LogP contribution < -0.4 is 16.4 Å². The summed E-state index contributed by atoms with van der Waals surface area (Å²) in [6.07, 6.45) is -0.958. The second kappa shape index (κ2) is 13.6. The van der Waals surface area contributed by atoms with Crippen molar-refractivity contribution in [2.45, 2.75) is 78.6 Å². The third-order valence-corrected chi connectivity index (χ3v) is 6.01. The second-order valence-electron chi connectivity index (χ2n) is 10.3. The molecule has 0 aliphatic rings. The van der Waals surface area contributed by atoms with Crippen LogP contribution in [0.4, 0.5) is 4.79 Å². The number of primary amides is 1. The van der Waals surface area contributed by atoms with E-state index < -0.39 is 35.6 Å². The predicted molar refractivity (Wildman–Crippen MR) is 146 cm³/mol. The van der Waals surface area contributed by atoms with E-state index in [-0.39, 0.29) is 31.8 Å². The zero-order valence-corrected chi connectivity index (χ0v) is 23.2. The Balaban J connectivity index is 2.42. The van der Waals surface area contributed by atoms with Crippen molar-refractivity contribution >= 4 is 23.8 Å². The van der Waals surface area contributed by atoms with E-state index in [9.17, 15) is 19.2 Å². The fourth-order valence-corrected chi connectivity index (χ4v) is 3.95. The normalized spacial score (nSPS) is 12.7. The van der Waals surface area contributed by atoms with E-state index >= 15 is 0 Å². The standard InChI is InChI=1S/C29H40N4O5/c1-7-33(27(36)23(15-16-24(30)34)32-28(37)38-29(4,5)6)25(22-14-13-19(2)20(3)17-22)26(35)31-18-21-11-9-8-10-12-21/h8-14,17,23,25H,7,15-16,18H2,1-6H3,(H2,30,34)(H,31,35)(H,32,37). The SMILES string of the molecule is CCN(C(=O)C(CCC(N)=O)NC(=O)OC(C)(C)C)C(C(=O)NCc1ccccc1)c1ccc(C)c(C)c1. The van der Waals surface area contributed by atoms with Gasteiger partial charge in [-0.25, -0.2) is 4.79 Å². The molecule has 2 atom stereocenters. The van der Waals surface area contributed by atoms with Crippen molar-refractivity contribution in [1.82, 2.24) is 15.5 Å². The summed E-state index contributed by atoms with van der Waals surface area (Å²) < 4.78 is 5.33. The summed E-state index contributed by atoms with van der Waals surface area (Å²) in [5.74, 6) is -1.49. The first-order chi connectivity index (χ1) is 17.8. The quantitative estimate of drug-likeness (QED) is 0.413. The van der Waals surface area contributed by atoms with Gasteiger partial charge >= 0.3 is 6.09 Å². The monoisotopic (exact) mass is 524 g/mol. The summed E-state index contributed by atoms with van der Waals surface area (Å²) in [7, 11) is 0. The van der Waals surface area contributed by atoms with Crippen LogP contribution in [0.2, 0.25) is 0 Å². The molecule has 2 rings (SSSR count). The van der Waals surface area contributed by atoms with Gasteiger partial charge in [0.2, 0.25) is 17.7 Å². The molecule has 38 heavy (non-hydrogen) atoms. The van der Waals surface area contributed by atoms with Crippen LogP contribution in [0.25, 0.3) is 0 Å². The summed E-state index contributed by atoms with van der Waals surface area (Å²) in [5.41, 5.74) is 8.13. The molecule has 2 aromatic carbocycles. The van der Waals surface area contributed by atoms with E-state index in [1.54, 1.807) is 27.7 Å². The minimum atomic E-state index is -1.12. The van der Waals surface area contributed by atoms with Crippen LogP contribution in [-0.4, -0.2) is 46.9 Å². The first-order valence-electron chi connectivity index (χ1n) is 12.8. The lowest BCUT2D eigenvalue weighted by molar-refractivity contribution is -0.142. The minimum Gasteiger partial charge on any atom is -0.444 e. The number of carbonyl (C=O) groups is 4. The number of hydrogen-bond donors (Lipinski definition) is 3. The average Bonchev–Trinajstić information content (AvgIpc) is 2.84. The number of likely N-dealkylation sites (N-methyl/N-ethyl adjacent to an activating group) is 1. The van der Waals surface area contributed by atoms with Crippen molar-refractivity contribution in [3.05, 3.63) is 70.8 Å². The number of rotatable bonds is 11. The van der Waals surface area contributed by atoms with Gasteiger partial charge in [0.1, 0.15) is 17.7 Å². The van der Waals surface area contributed by atoms with Gasteiger partial charge in [0.25, 0.3) is 0 Å². The Morgan fingerprint density at radius 1 is 1.00 bits per heavy atom. The molecule has 0 radical (unpaired) electrons. The van der Waals surface area contributed by atoms with Gasteiger partial charge in [0, 0.05) is 19.5 Å². The maximum atomic E-state index is 13.9. The maximum Gasteiger partial charge on any atom is 0.408 e. The molecular formula is C29H40N4O5. The Morgan fingerprint density at radius 3 is 2.21 bits per heavy atom. The number of carbonyl (C=O) groups excluding carboxylic acids is 4. The molecule has 0 saturated carbocycles. The summed E-state index contributed by atoms with van der Waals surface area (Å²) in [6, 6.07) is 13.0. The summed E-state index contributed by atoms with van der Waals surface area (Å²) in [4.78, 5) is 53.0. The molecule has 0 saturated heterocycles. The second-order valence-corrected chi connectivity index (χ2v) is 10.3. The average molecular weight is 525 g/mol. The van der Waals surface area contributed by atoms with E-state index in [0.29, 0.717) is 5.56 Å². The Bertz CT molecular complexity index is 1130. The van der Waals surface area contributed by atoms with Crippen LogP contribution in [-0.2, 0) is 25.7 Å². The number of benzene rings is 2. The van der Waals surface area contributed by atoms with E-state index in [1.807, 2.05) is 62.4 Å². The fraction of sp³-hybridized carbons (Fsp3) is 0.448. The van der Waals surface area contributed by atoms with Gasteiger partial charge < -0.3 is 26.0 Å². The number of nitrogens with two attached hydrogens (primary N) is 1. The summed E-state index contributed by atoms with van der Waals surface area (Å²) in [6.45, 7) is 11.3. The van der Waals surface area contributed by atoms with Gasteiger partial charge in [-0.2, -0.15) is 0 Å². The van der Waals surface area contributed by atoms with Gasteiger partial charge in [-0.05, 0) is 70.2 Å². The van der Waals surface area contributed by atoms with Crippen molar-refractivity contribution in [2.24, 2.45) is 5.73 Å². The number of amides is 4. The molecule has 2 aromatic rings. The lowest BCUT2D eigenvalue weighted by Gasteiger charge is -2.34. The number of hydrogen-bond acceptors (Lipinski definition) is 5.